The van der Waals surface area contributed by atoms with Gasteiger partial charge in [0, 0.05) is 12.4 Å². The van der Waals surface area contributed by atoms with Gasteiger partial charge in [-0.15, -0.1) is 0 Å². The number of para-hydroxylation sites is 2. The second kappa shape index (κ2) is 4.23. The fourth-order valence-electron chi connectivity index (χ4n) is 1.09. The Hall–Kier alpha value is -2.10. The van der Waals surface area contributed by atoms with Crippen molar-refractivity contribution in [2.24, 2.45) is 0 Å². The SMILES string of the molecule is c1ccc2[nH]cnc2c1.c1cn[nH]c1. The minimum absolute atomic E-state index is 1.03. The van der Waals surface area contributed by atoms with Crippen LogP contribution in [-0.2, 0) is 0 Å². The average molecular weight is 186 g/mol. The first-order valence-corrected chi connectivity index (χ1v) is 4.28. The van der Waals surface area contributed by atoms with Crippen LogP contribution in [0.15, 0.2) is 49.1 Å². The molecule has 0 saturated heterocycles. The largest absolute Gasteiger partial charge is 0.345 e. The van der Waals surface area contributed by atoms with Gasteiger partial charge in [0.1, 0.15) is 0 Å². The maximum Gasteiger partial charge on any atom is 0.0931 e. The summed E-state index contributed by atoms with van der Waals surface area (Å²) in [6.45, 7) is 0. The van der Waals surface area contributed by atoms with E-state index in [1.54, 1.807) is 18.7 Å². The minimum Gasteiger partial charge on any atom is -0.345 e. The summed E-state index contributed by atoms with van der Waals surface area (Å²) in [5.74, 6) is 0. The van der Waals surface area contributed by atoms with E-state index in [1.165, 1.54) is 0 Å². The molecule has 0 unspecified atom stereocenters. The lowest BCUT2D eigenvalue weighted by molar-refractivity contribution is 1.09. The number of imidazole rings is 1. The zero-order chi connectivity index (χ0) is 9.64. The van der Waals surface area contributed by atoms with E-state index in [2.05, 4.69) is 20.2 Å². The standard InChI is InChI=1S/C7H6N2.C3H4N2/c1-2-4-7-6(3-1)8-5-9-7;1-2-4-5-3-1/h1-5H,(H,8,9);1-3H,(H,4,5). The minimum atomic E-state index is 1.03. The Kier molecular flexibility index (Phi) is 2.56. The van der Waals surface area contributed by atoms with Crippen molar-refractivity contribution in [2.45, 2.75) is 0 Å². The highest BCUT2D eigenvalue weighted by molar-refractivity contribution is 5.73. The maximum atomic E-state index is 4.06. The molecule has 0 spiro atoms. The molecule has 4 nitrogen and oxygen atoms in total. The molecule has 4 heteroatoms. The van der Waals surface area contributed by atoms with Crippen LogP contribution < -0.4 is 0 Å². The summed E-state index contributed by atoms with van der Waals surface area (Å²) in [6, 6.07) is 9.78. The first-order valence-electron chi connectivity index (χ1n) is 4.28. The lowest BCUT2D eigenvalue weighted by atomic mass is 10.3. The Morgan fingerprint density at radius 1 is 1.07 bits per heavy atom. The molecule has 2 heterocycles. The Bertz CT molecular complexity index is 422. The predicted octanol–water partition coefficient (Wildman–Crippen LogP) is 1.97. The number of fused-ring (bicyclic) bond motifs is 1. The fraction of sp³-hybridized carbons (Fsp3) is 0. The summed E-state index contributed by atoms with van der Waals surface area (Å²) in [5, 5.41) is 6.21. The van der Waals surface area contributed by atoms with E-state index in [9.17, 15) is 0 Å². The van der Waals surface area contributed by atoms with E-state index in [4.69, 9.17) is 0 Å². The van der Waals surface area contributed by atoms with Gasteiger partial charge in [0.05, 0.1) is 17.4 Å². The Balaban J connectivity index is 0.000000128. The van der Waals surface area contributed by atoms with Gasteiger partial charge >= 0.3 is 0 Å². The second-order valence-electron chi connectivity index (χ2n) is 2.69. The average Bonchev–Trinajstić information content (AvgIpc) is 2.92. The highest BCUT2D eigenvalue weighted by atomic mass is 15.1. The Morgan fingerprint density at radius 3 is 2.64 bits per heavy atom. The van der Waals surface area contributed by atoms with Crippen LogP contribution in [0.1, 0.15) is 0 Å². The molecule has 0 aliphatic rings. The van der Waals surface area contributed by atoms with E-state index >= 15 is 0 Å². The third-order valence-corrected chi connectivity index (χ3v) is 1.73. The monoisotopic (exact) mass is 186 g/mol. The van der Waals surface area contributed by atoms with Crippen LogP contribution in [0.3, 0.4) is 0 Å². The summed E-state index contributed by atoms with van der Waals surface area (Å²) in [6.07, 6.45) is 5.16. The molecule has 70 valence electrons. The molecule has 0 bridgehead atoms. The molecule has 0 aliphatic carbocycles. The van der Waals surface area contributed by atoms with Gasteiger partial charge in [-0.1, -0.05) is 12.1 Å². The molecule has 2 aromatic heterocycles. The second-order valence-corrected chi connectivity index (χ2v) is 2.69. The van der Waals surface area contributed by atoms with Crippen LogP contribution in [-0.4, -0.2) is 20.2 Å². The number of hydrogen-bond acceptors (Lipinski definition) is 2. The molecule has 0 amide bonds. The van der Waals surface area contributed by atoms with Crippen molar-refractivity contribution < 1.29 is 0 Å². The summed E-state index contributed by atoms with van der Waals surface area (Å²) >= 11 is 0. The molecule has 0 aliphatic heterocycles. The third kappa shape index (κ3) is 1.98. The normalized spacial score (nSPS) is 9.43. The lowest BCUT2D eigenvalue weighted by Gasteiger charge is -1.81. The lowest BCUT2D eigenvalue weighted by Crippen LogP contribution is -1.63. The first kappa shape index (κ1) is 8.50. The van der Waals surface area contributed by atoms with Crippen LogP contribution in [0.2, 0.25) is 0 Å². The van der Waals surface area contributed by atoms with Crippen LogP contribution in [0.5, 0.6) is 0 Å². The van der Waals surface area contributed by atoms with E-state index in [1.807, 2.05) is 30.3 Å². The van der Waals surface area contributed by atoms with Crippen LogP contribution in [0, 0.1) is 0 Å². The topological polar surface area (TPSA) is 57.4 Å². The van der Waals surface area contributed by atoms with Crippen molar-refractivity contribution in [1.29, 1.82) is 0 Å². The molecule has 3 rings (SSSR count). The van der Waals surface area contributed by atoms with Gasteiger partial charge in [0.15, 0.2) is 0 Å². The summed E-state index contributed by atoms with van der Waals surface area (Å²) in [4.78, 5) is 7.07. The van der Waals surface area contributed by atoms with E-state index < -0.39 is 0 Å². The first-order chi connectivity index (χ1) is 6.97. The molecule has 0 atom stereocenters. The number of hydrogen-bond donors (Lipinski definition) is 2. The van der Waals surface area contributed by atoms with Gasteiger partial charge < -0.3 is 4.98 Å². The number of aromatic amines is 2. The van der Waals surface area contributed by atoms with Gasteiger partial charge in [-0.3, -0.25) is 5.10 Å². The van der Waals surface area contributed by atoms with Crippen molar-refractivity contribution >= 4 is 11.0 Å². The molecule has 0 saturated carbocycles. The number of rotatable bonds is 0. The highest BCUT2D eigenvalue weighted by Gasteiger charge is 1.88. The van der Waals surface area contributed by atoms with Gasteiger partial charge in [0.25, 0.3) is 0 Å². The molecule has 2 N–H and O–H groups in total. The van der Waals surface area contributed by atoms with E-state index in [0.717, 1.165) is 11.0 Å². The highest BCUT2D eigenvalue weighted by Crippen LogP contribution is 2.05. The van der Waals surface area contributed by atoms with Gasteiger partial charge in [0.2, 0.25) is 0 Å². The van der Waals surface area contributed by atoms with Gasteiger partial charge in [-0.25, -0.2) is 4.98 Å². The smallest absolute Gasteiger partial charge is 0.0931 e. The number of aromatic nitrogens is 4. The maximum absolute atomic E-state index is 4.06. The summed E-state index contributed by atoms with van der Waals surface area (Å²) in [5.41, 5.74) is 2.12. The van der Waals surface area contributed by atoms with Crippen molar-refractivity contribution in [3.8, 4) is 0 Å². The van der Waals surface area contributed by atoms with Crippen LogP contribution in [0.25, 0.3) is 11.0 Å². The zero-order valence-electron chi connectivity index (χ0n) is 7.51. The molecule has 3 aromatic rings. The summed E-state index contributed by atoms with van der Waals surface area (Å²) < 4.78 is 0. The molecule has 0 fully saturated rings. The number of nitrogens with zero attached hydrogens (tertiary/aromatic N) is 2. The molecule has 0 radical (unpaired) electrons. The molecular weight excluding hydrogens is 176 g/mol. The predicted molar refractivity (Wildman–Crippen MR) is 54.7 cm³/mol. The molecule has 14 heavy (non-hydrogen) atoms. The number of H-pyrrole nitrogens is 2. The van der Waals surface area contributed by atoms with Crippen LogP contribution in [0.4, 0.5) is 0 Å². The van der Waals surface area contributed by atoms with E-state index in [0.29, 0.717) is 0 Å². The number of benzene rings is 1. The number of nitrogens with one attached hydrogen (secondary N) is 2. The van der Waals surface area contributed by atoms with Crippen molar-refractivity contribution in [1.82, 2.24) is 20.2 Å². The molecule has 1 aromatic carbocycles. The van der Waals surface area contributed by atoms with Crippen molar-refractivity contribution in [3.63, 3.8) is 0 Å². The molecular formula is C10H10N4. The van der Waals surface area contributed by atoms with Gasteiger partial charge in [-0.2, -0.15) is 5.10 Å². The summed E-state index contributed by atoms with van der Waals surface area (Å²) in [7, 11) is 0. The third-order valence-electron chi connectivity index (χ3n) is 1.73. The fourth-order valence-corrected chi connectivity index (χ4v) is 1.09. The quantitative estimate of drug-likeness (QED) is 0.564. The van der Waals surface area contributed by atoms with E-state index in [-0.39, 0.29) is 0 Å². The van der Waals surface area contributed by atoms with Crippen LogP contribution >= 0.6 is 0 Å². The Labute approximate surface area is 81.0 Å². The van der Waals surface area contributed by atoms with Crippen molar-refractivity contribution in [2.75, 3.05) is 0 Å². The van der Waals surface area contributed by atoms with Crippen molar-refractivity contribution in [3.05, 3.63) is 49.1 Å². The Morgan fingerprint density at radius 2 is 2.00 bits per heavy atom. The zero-order valence-corrected chi connectivity index (χ0v) is 7.51. The van der Waals surface area contributed by atoms with Gasteiger partial charge in [-0.05, 0) is 18.2 Å².